The van der Waals surface area contributed by atoms with E-state index < -0.39 is 0 Å². The first-order chi connectivity index (χ1) is 9.15. The van der Waals surface area contributed by atoms with Crippen molar-refractivity contribution in [3.05, 3.63) is 48.0 Å². The van der Waals surface area contributed by atoms with Crippen molar-refractivity contribution in [1.82, 2.24) is 10.4 Å². The smallest absolute Gasteiger partial charge is 0.282 e. The molecule has 1 amide bonds. The molecule has 0 aliphatic heterocycles. The van der Waals surface area contributed by atoms with Gasteiger partial charge in [-0.1, -0.05) is 12.1 Å². The lowest BCUT2D eigenvalue weighted by molar-refractivity contribution is -0.689. The number of aryl methyl sites for hydroxylation is 1. The first kappa shape index (κ1) is 12.8. The average molecular weight is 259 g/mol. The van der Waals surface area contributed by atoms with Crippen molar-refractivity contribution in [2.75, 3.05) is 0 Å². The molecule has 0 aliphatic rings. The molecule has 1 heterocycles. The van der Waals surface area contributed by atoms with E-state index in [1.807, 2.05) is 6.92 Å². The minimum Gasteiger partial charge on any atom is -0.508 e. The van der Waals surface area contributed by atoms with E-state index >= 15 is 0 Å². The summed E-state index contributed by atoms with van der Waals surface area (Å²) in [6, 6.07) is 6.61. The number of amides is 1. The summed E-state index contributed by atoms with van der Waals surface area (Å²) < 4.78 is 1.78. The molecule has 1 aromatic carbocycles. The minimum absolute atomic E-state index is 0.161. The first-order valence-electron chi connectivity index (χ1n) is 5.79. The number of aromatic nitrogens is 2. The Morgan fingerprint density at radius 3 is 3.11 bits per heavy atom. The maximum Gasteiger partial charge on any atom is 0.282 e. The third-order valence-electron chi connectivity index (χ3n) is 2.56. The van der Waals surface area contributed by atoms with Crippen LogP contribution in [0.5, 0.6) is 5.75 Å². The predicted octanol–water partition coefficient (Wildman–Crippen LogP) is 0.467. The van der Waals surface area contributed by atoms with Gasteiger partial charge >= 0.3 is 0 Å². The van der Waals surface area contributed by atoms with Crippen LogP contribution in [0.2, 0.25) is 0 Å². The van der Waals surface area contributed by atoms with Crippen molar-refractivity contribution in [2.24, 2.45) is 5.10 Å². The van der Waals surface area contributed by atoms with E-state index in [0.29, 0.717) is 5.56 Å². The minimum atomic E-state index is -0.218. The van der Waals surface area contributed by atoms with E-state index in [1.54, 1.807) is 41.2 Å². The molecule has 0 atom stereocenters. The number of H-pyrrole nitrogens is 1. The largest absolute Gasteiger partial charge is 0.508 e. The second kappa shape index (κ2) is 5.81. The van der Waals surface area contributed by atoms with Gasteiger partial charge in [-0.2, -0.15) is 5.10 Å². The molecular formula is C13H15N4O2+. The van der Waals surface area contributed by atoms with Gasteiger partial charge in [-0.15, -0.1) is 0 Å². The Labute approximate surface area is 110 Å². The number of nitrogens with one attached hydrogen (secondary N) is 2. The van der Waals surface area contributed by atoms with Gasteiger partial charge in [0.1, 0.15) is 18.1 Å². The highest BCUT2D eigenvalue weighted by molar-refractivity contribution is 5.82. The van der Waals surface area contributed by atoms with Crippen LogP contribution < -0.4 is 9.99 Å². The molecule has 0 unspecified atom stereocenters. The van der Waals surface area contributed by atoms with Crippen molar-refractivity contribution >= 4 is 12.1 Å². The van der Waals surface area contributed by atoms with Crippen LogP contribution in [0.25, 0.3) is 0 Å². The number of hydrazone groups is 1. The summed E-state index contributed by atoms with van der Waals surface area (Å²) >= 11 is 0. The van der Waals surface area contributed by atoms with Crippen molar-refractivity contribution in [2.45, 2.75) is 13.5 Å². The highest BCUT2D eigenvalue weighted by Gasteiger charge is 2.09. The molecule has 0 saturated carbocycles. The molecule has 0 saturated heterocycles. The standard InChI is InChI=1S/C13H14N4O2/c1-10-14-5-6-17(10)9-13(19)16-15-8-11-3-2-4-12(18)7-11/h2-8H,9H2,1H3,(H2,16,18,19)/p+1/b15-8+. The summed E-state index contributed by atoms with van der Waals surface area (Å²) in [7, 11) is 0. The Bertz CT molecular complexity index is 604. The Hall–Kier alpha value is -2.63. The number of nitrogens with zero attached hydrogens (tertiary/aromatic N) is 2. The van der Waals surface area contributed by atoms with E-state index in [4.69, 9.17) is 0 Å². The molecule has 1 aromatic heterocycles. The number of carbonyl (C=O) groups is 1. The lowest BCUT2D eigenvalue weighted by Crippen LogP contribution is -2.42. The maximum absolute atomic E-state index is 11.6. The molecule has 2 aromatic rings. The molecule has 3 N–H and O–H groups in total. The van der Waals surface area contributed by atoms with E-state index in [2.05, 4.69) is 15.5 Å². The zero-order valence-electron chi connectivity index (χ0n) is 10.5. The number of rotatable bonds is 4. The summed E-state index contributed by atoms with van der Waals surface area (Å²) in [5, 5.41) is 13.1. The molecule has 0 radical (unpaired) electrons. The number of hydrogen-bond donors (Lipinski definition) is 3. The van der Waals surface area contributed by atoms with Crippen LogP contribution in [-0.2, 0) is 11.3 Å². The SMILES string of the molecule is Cc1[nH]cc[n+]1CC(=O)N/N=C/c1cccc(O)c1. The Kier molecular flexibility index (Phi) is 3.92. The maximum atomic E-state index is 11.6. The fourth-order valence-corrected chi connectivity index (χ4v) is 1.59. The summed E-state index contributed by atoms with van der Waals surface area (Å²) in [4.78, 5) is 14.6. The number of carbonyl (C=O) groups excluding carboxylic acids is 1. The normalized spacial score (nSPS) is 10.8. The average Bonchev–Trinajstić information content (AvgIpc) is 2.75. The van der Waals surface area contributed by atoms with Gasteiger partial charge < -0.3 is 5.11 Å². The van der Waals surface area contributed by atoms with Crippen LogP contribution in [0, 0.1) is 6.92 Å². The van der Waals surface area contributed by atoms with Crippen LogP contribution >= 0.6 is 0 Å². The summed E-state index contributed by atoms with van der Waals surface area (Å²) in [6.07, 6.45) is 5.03. The van der Waals surface area contributed by atoms with Gasteiger partial charge in [-0.05, 0) is 17.7 Å². The van der Waals surface area contributed by atoms with E-state index in [-0.39, 0.29) is 18.2 Å². The molecule has 0 spiro atoms. The molecule has 6 nitrogen and oxygen atoms in total. The highest BCUT2D eigenvalue weighted by atomic mass is 16.3. The Morgan fingerprint density at radius 1 is 1.58 bits per heavy atom. The first-order valence-corrected chi connectivity index (χ1v) is 5.79. The number of phenols is 1. The van der Waals surface area contributed by atoms with Crippen LogP contribution in [0.15, 0.2) is 41.8 Å². The molecule has 2 rings (SSSR count). The fraction of sp³-hybridized carbons (Fsp3) is 0.154. The van der Waals surface area contributed by atoms with Crippen molar-refractivity contribution in [3.8, 4) is 5.75 Å². The van der Waals surface area contributed by atoms with Gasteiger partial charge in [0.2, 0.25) is 0 Å². The third-order valence-corrected chi connectivity index (χ3v) is 2.56. The fourth-order valence-electron chi connectivity index (χ4n) is 1.59. The van der Waals surface area contributed by atoms with Gasteiger partial charge in [0.25, 0.3) is 11.7 Å². The molecule has 0 bridgehead atoms. The lowest BCUT2D eigenvalue weighted by Gasteiger charge is -1.98. The molecule has 19 heavy (non-hydrogen) atoms. The molecule has 0 fully saturated rings. The van der Waals surface area contributed by atoms with Crippen LogP contribution in [0.1, 0.15) is 11.4 Å². The molecular weight excluding hydrogens is 244 g/mol. The van der Waals surface area contributed by atoms with Gasteiger partial charge in [-0.3, -0.25) is 4.79 Å². The van der Waals surface area contributed by atoms with E-state index in [0.717, 1.165) is 5.82 Å². The van der Waals surface area contributed by atoms with Crippen molar-refractivity contribution in [1.29, 1.82) is 0 Å². The van der Waals surface area contributed by atoms with Gasteiger partial charge in [0, 0.05) is 6.92 Å². The molecule has 6 heteroatoms. The third kappa shape index (κ3) is 3.67. The van der Waals surface area contributed by atoms with Crippen LogP contribution in [-0.4, -0.2) is 22.2 Å². The number of phenolic OH excluding ortho intramolecular Hbond substituents is 1. The quantitative estimate of drug-likeness (QED) is 0.424. The Morgan fingerprint density at radius 2 is 2.42 bits per heavy atom. The van der Waals surface area contributed by atoms with Crippen LogP contribution in [0.3, 0.4) is 0 Å². The summed E-state index contributed by atoms with van der Waals surface area (Å²) in [6.45, 7) is 2.08. The highest BCUT2D eigenvalue weighted by Crippen LogP contribution is 2.08. The number of benzene rings is 1. The van der Waals surface area contributed by atoms with Gasteiger partial charge in [0.15, 0.2) is 6.54 Å². The van der Waals surface area contributed by atoms with Crippen LogP contribution in [0.4, 0.5) is 0 Å². The predicted molar refractivity (Wildman–Crippen MR) is 69.6 cm³/mol. The van der Waals surface area contributed by atoms with Crippen molar-refractivity contribution < 1.29 is 14.5 Å². The zero-order chi connectivity index (χ0) is 13.7. The van der Waals surface area contributed by atoms with Crippen molar-refractivity contribution in [3.63, 3.8) is 0 Å². The Balaban J connectivity index is 1.88. The zero-order valence-corrected chi connectivity index (χ0v) is 10.5. The summed E-state index contributed by atoms with van der Waals surface area (Å²) in [5.74, 6) is 0.838. The topological polar surface area (TPSA) is 81.4 Å². The summed E-state index contributed by atoms with van der Waals surface area (Å²) in [5.41, 5.74) is 3.14. The monoisotopic (exact) mass is 259 g/mol. The number of hydrogen-bond acceptors (Lipinski definition) is 3. The van der Waals surface area contributed by atoms with E-state index in [9.17, 15) is 9.90 Å². The number of aromatic amines is 1. The lowest BCUT2D eigenvalue weighted by atomic mass is 10.2. The second-order valence-electron chi connectivity index (χ2n) is 4.06. The second-order valence-corrected chi connectivity index (χ2v) is 4.06. The number of aromatic hydroxyl groups is 1. The van der Waals surface area contributed by atoms with E-state index in [1.165, 1.54) is 6.21 Å². The molecule has 98 valence electrons. The molecule has 0 aliphatic carbocycles. The van der Waals surface area contributed by atoms with Gasteiger partial charge in [0.05, 0.1) is 6.21 Å². The van der Waals surface area contributed by atoms with Gasteiger partial charge in [-0.25, -0.2) is 15.0 Å². The number of imidazole rings is 1.